The maximum atomic E-state index is 6.28. The van der Waals surface area contributed by atoms with Crippen LogP contribution in [0.3, 0.4) is 0 Å². The molecule has 0 saturated heterocycles. The zero-order valence-corrected chi connectivity index (χ0v) is 27.9. The molecule has 2 aromatic carbocycles. The molecule has 0 radical (unpaired) electrons. The Balaban J connectivity index is 3.46. The van der Waals surface area contributed by atoms with Crippen molar-refractivity contribution < 1.29 is 18.9 Å². The van der Waals surface area contributed by atoms with E-state index in [9.17, 15) is 0 Å². The van der Waals surface area contributed by atoms with Gasteiger partial charge in [-0.2, -0.15) is 0 Å². The molecule has 0 aliphatic rings. The summed E-state index contributed by atoms with van der Waals surface area (Å²) in [5.41, 5.74) is 6.34. The molecule has 38 heavy (non-hydrogen) atoms. The number of benzene rings is 2. The number of hydrogen-bond donors (Lipinski definition) is 0. The standard InChI is InChI=1S/C33H53O4P/c1-19(2)22-17-23(20(3)4)25(24(18-22)21(5)6)26-27(34-13)28(35-14)29(36-15)30(37-16)31(26)38(32(7,8)9)33(10,11)12/h17-21H,1-16H3. The van der Waals surface area contributed by atoms with Gasteiger partial charge in [0.2, 0.25) is 11.5 Å². The van der Waals surface area contributed by atoms with Crippen LogP contribution in [0.15, 0.2) is 12.1 Å². The summed E-state index contributed by atoms with van der Waals surface area (Å²) in [6.45, 7) is 27.7. The summed E-state index contributed by atoms with van der Waals surface area (Å²) in [5, 5.41) is 1.14. The molecule has 0 saturated carbocycles. The van der Waals surface area contributed by atoms with E-state index in [1.165, 1.54) is 27.6 Å². The Kier molecular flexibility index (Phi) is 10.3. The predicted octanol–water partition coefficient (Wildman–Crippen LogP) is 9.46. The van der Waals surface area contributed by atoms with Gasteiger partial charge in [0.1, 0.15) is 0 Å². The average molecular weight is 545 g/mol. The summed E-state index contributed by atoms with van der Waals surface area (Å²) in [4.78, 5) is 0. The molecule has 0 aromatic heterocycles. The summed E-state index contributed by atoms with van der Waals surface area (Å²) in [7, 11) is 6.03. The highest BCUT2D eigenvalue weighted by Crippen LogP contribution is 2.65. The van der Waals surface area contributed by atoms with Crippen molar-refractivity contribution in [1.82, 2.24) is 0 Å². The molecule has 5 heteroatoms. The molecular weight excluding hydrogens is 491 g/mol. The minimum atomic E-state index is -0.794. The summed E-state index contributed by atoms with van der Waals surface area (Å²) < 4.78 is 24.5. The van der Waals surface area contributed by atoms with E-state index in [0.717, 1.165) is 11.3 Å². The zero-order valence-electron chi connectivity index (χ0n) is 27.0. The first-order valence-electron chi connectivity index (χ1n) is 13.9. The molecule has 2 aromatic rings. The van der Waals surface area contributed by atoms with E-state index >= 15 is 0 Å². The van der Waals surface area contributed by atoms with E-state index < -0.39 is 7.92 Å². The molecule has 4 nitrogen and oxygen atoms in total. The smallest absolute Gasteiger partial charge is 0.207 e. The lowest BCUT2D eigenvalue weighted by molar-refractivity contribution is 0.308. The Labute approximate surface area is 234 Å². The quantitative estimate of drug-likeness (QED) is 0.295. The van der Waals surface area contributed by atoms with Crippen LogP contribution in [0.2, 0.25) is 0 Å². The molecule has 0 heterocycles. The first kappa shape index (κ1) is 32.3. The first-order valence-corrected chi connectivity index (χ1v) is 15.2. The van der Waals surface area contributed by atoms with Crippen molar-refractivity contribution in [3.05, 3.63) is 28.8 Å². The highest BCUT2D eigenvalue weighted by molar-refractivity contribution is 7.69. The fraction of sp³-hybridized carbons (Fsp3) is 0.636. The molecule has 0 N–H and O–H groups in total. The van der Waals surface area contributed by atoms with Crippen LogP contribution in [0.5, 0.6) is 23.0 Å². The minimum absolute atomic E-state index is 0.0198. The van der Waals surface area contributed by atoms with E-state index in [1.807, 2.05) is 0 Å². The molecule has 2 rings (SSSR count). The topological polar surface area (TPSA) is 36.9 Å². The van der Waals surface area contributed by atoms with Crippen molar-refractivity contribution in [3.8, 4) is 34.1 Å². The van der Waals surface area contributed by atoms with Crippen molar-refractivity contribution in [2.45, 2.75) is 111 Å². The van der Waals surface area contributed by atoms with Crippen molar-refractivity contribution in [2.75, 3.05) is 28.4 Å². The molecule has 0 aliphatic heterocycles. The van der Waals surface area contributed by atoms with E-state index in [4.69, 9.17) is 18.9 Å². The van der Waals surface area contributed by atoms with Gasteiger partial charge in [-0.15, -0.1) is 0 Å². The predicted molar refractivity (Wildman–Crippen MR) is 166 cm³/mol. The normalized spacial score (nSPS) is 12.6. The largest absolute Gasteiger partial charge is 0.492 e. The fourth-order valence-electron chi connectivity index (χ4n) is 5.77. The lowest BCUT2D eigenvalue weighted by Crippen LogP contribution is -2.33. The number of methoxy groups -OCH3 is 4. The van der Waals surface area contributed by atoms with E-state index in [2.05, 4.69) is 95.2 Å². The van der Waals surface area contributed by atoms with Gasteiger partial charge in [0.05, 0.1) is 28.4 Å². The van der Waals surface area contributed by atoms with Crippen molar-refractivity contribution in [1.29, 1.82) is 0 Å². The summed E-state index contributed by atoms with van der Waals surface area (Å²) in [6, 6.07) is 4.80. The third-order valence-corrected chi connectivity index (χ3v) is 10.6. The maximum absolute atomic E-state index is 6.28. The van der Waals surface area contributed by atoms with Gasteiger partial charge >= 0.3 is 0 Å². The molecule has 0 atom stereocenters. The Bertz CT molecular complexity index is 1070. The van der Waals surface area contributed by atoms with Gasteiger partial charge in [-0.3, -0.25) is 0 Å². The van der Waals surface area contributed by atoms with E-state index in [-0.39, 0.29) is 10.3 Å². The maximum Gasteiger partial charge on any atom is 0.207 e. The van der Waals surface area contributed by atoms with Gasteiger partial charge in [-0.25, -0.2) is 0 Å². The van der Waals surface area contributed by atoms with Gasteiger partial charge in [-0.1, -0.05) is 103 Å². The van der Waals surface area contributed by atoms with Crippen LogP contribution in [0.1, 0.15) is 118 Å². The molecule has 0 bridgehead atoms. The van der Waals surface area contributed by atoms with Gasteiger partial charge in [-0.05, 0) is 50.3 Å². The molecule has 0 fully saturated rings. The van der Waals surface area contributed by atoms with Gasteiger partial charge in [0.15, 0.2) is 11.5 Å². The summed E-state index contributed by atoms with van der Waals surface area (Å²) in [6.07, 6.45) is 0. The average Bonchev–Trinajstić information content (AvgIpc) is 2.79. The molecular formula is C33H53O4P. The molecule has 0 unspecified atom stereocenters. The van der Waals surface area contributed by atoms with Gasteiger partial charge in [0.25, 0.3) is 0 Å². The summed E-state index contributed by atoms with van der Waals surface area (Å²) >= 11 is 0. The fourth-order valence-corrected chi connectivity index (χ4v) is 9.96. The molecule has 0 amide bonds. The van der Waals surface area contributed by atoms with Crippen LogP contribution >= 0.6 is 7.92 Å². The highest BCUT2D eigenvalue weighted by Gasteiger charge is 2.43. The summed E-state index contributed by atoms with van der Waals surface area (Å²) in [5.74, 6) is 3.67. The second-order valence-electron chi connectivity index (χ2n) is 13.1. The minimum Gasteiger partial charge on any atom is -0.492 e. The van der Waals surface area contributed by atoms with Crippen LogP contribution in [-0.2, 0) is 0 Å². The van der Waals surface area contributed by atoms with Crippen molar-refractivity contribution >= 4 is 13.2 Å². The van der Waals surface area contributed by atoms with Crippen molar-refractivity contribution in [3.63, 3.8) is 0 Å². The van der Waals surface area contributed by atoms with Crippen LogP contribution in [0, 0.1) is 0 Å². The lowest BCUT2D eigenvalue weighted by Gasteiger charge is -2.44. The monoisotopic (exact) mass is 544 g/mol. The zero-order chi connectivity index (χ0) is 29.3. The Morgan fingerprint density at radius 3 is 1.18 bits per heavy atom. The van der Waals surface area contributed by atoms with Crippen LogP contribution in [-0.4, -0.2) is 38.8 Å². The van der Waals surface area contributed by atoms with Gasteiger partial charge < -0.3 is 18.9 Å². The number of ether oxygens (including phenoxy) is 4. The van der Waals surface area contributed by atoms with Crippen LogP contribution in [0.25, 0.3) is 11.1 Å². The highest BCUT2D eigenvalue weighted by atomic mass is 31.1. The van der Waals surface area contributed by atoms with Crippen LogP contribution < -0.4 is 24.3 Å². The first-order chi connectivity index (χ1) is 17.5. The Morgan fingerprint density at radius 1 is 0.526 bits per heavy atom. The molecule has 0 spiro atoms. The Morgan fingerprint density at radius 2 is 0.895 bits per heavy atom. The third kappa shape index (κ3) is 6.11. The van der Waals surface area contributed by atoms with E-state index in [0.29, 0.717) is 35.0 Å². The van der Waals surface area contributed by atoms with E-state index in [1.54, 1.807) is 28.4 Å². The lowest BCUT2D eigenvalue weighted by atomic mass is 9.81. The van der Waals surface area contributed by atoms with Crippen molar-refractivity contribution in [2.24, 2.45) is 0 Å². The second kappa shape index (κ2) is 12.1. The second-order valence-corrected chi connectivity index (χ2v) is 16.9. The number of rotatable bonds is 9. The molecule has 0 aliphatic carbocycles. The third-order valence-electron chi connectivity index (χ3n) is 7.06. The SMILES string of the molecule is COc1c(OC)c(OC)c(P(C(C)(C)C)C(C)(C)C)c(-c2c(C(C)C)cc(C(C)C)cc2C(C)C)c1OC. The molecule has 214 valence electrons. The van der Waals surface area contributed by atoms with Crippen LogP contribution in [0.4, 0.5) is 0 Å². The van der Waals surface area contributed by atoms with Gasteiger partial charge in [0, 0.05) is 10.9 Å². The number of hydrogen-bond acceptors (Lipinski definition) is 4. The Hall–Kier alpha value is -1.93.